The van der Waals surface area contributed by atoms with Crippen LogP contribution in [0.3, 0.4) is 0 Å². The van der Waals surface area contributed by atoms with Crippen LogP contribution >= 0.6 is 11.3 Å². The van der Waals surface area contributed by atoms with Crippen molar-refractivity contribution in [1.29, 1.82) is 0 Å². The van der Waals surface area contributed by atoms with Gasteiger partial charge < -0.3 is 0 Å². The van der Waals surface area contributed by atoms with Crippen LogP contribution in [0.2, 0.25) is 0 Å². The van der Waals surface area contributed by atoms with E-state index >= 15 is 0 Å². The molecule has 1 aliphatic rings. The zero-order valence-electron chi connectivity index (χ0n) is 18.3. The zero-order valence-corrected chi connectivity index (χ0v) is 19.9. The van der Waals surface area contributed by atoms with Crippen molar-refractivity contribution in [1.82, 2.24) is 9.29 Å². The van der Waals surface area contributed by atoms with Gasteiger partial charge in [0.15, 0.2) is 5.13 Å². The third-order valence-corrected chi connectivity index (χ3v) is 8.45. The zero-order chi connectivity index (χ0) is 22.7. The molecular weight excluding hydrogens is 442 g/mol. The van der Waals surface area contributed by atoms with Gasteiger partial charge in [-0.15, -0.1) is 11.3 Å². The summed E-state index contributed by atoms with van der Waals surface area (Å²) in [7, 11) is -3.60. The first-order valence-electron chi connectivity index (χ1n) is 10.8. The molecule has 1 aliphatic heterocycles. The fraction of sp³-hybridized carbons (Fsp3) is 0.333. The highest BCUT2D eigenvalue weighted by molar-refractivity contribution is 7.89. The normalized spacial score (nSPS) is 14.9. The van der Waals surface area contributed by atoms with Gasteiger partial charge in [0.2, 0.25) is 10.0 Å². The lowest BCUT2D eigenvalue weighted by atomic mass is 10.1. The Labute approximate surface area is 193 Å². The number of hydrogen-bond acceptors (Lipinski definition) is 5. The summed E-state index contributed by atoms with van der Waals surface area (Å²) in [5, 5.41) is 3.34. The van der Waals surface area contributed by atoms with Gasteiger partial charge in [0.1, 0.15) is 0 Å². The number of anilines is 1. The molecule has 1 amide bonds. The van der Waals surface area contributed by atoms with Crippen molar-refractivity contribution >= 4 is 32.4 Å². The molecule has 0 aliphatic carbocycles. The summed E-state index contributed by atoms with van der Waals surface area (Å²) >= 11 is 1.43. The van der Waals surface area contributed by atoms with Crippen LogP contribution in [0.5, 0.6) is 0 Å². The van der Waals surface area contributed by atoms with Crippen molar-refractivity contribution in [2.24, 2.45) is 0 Å². The number of aromatic nitrogens is 1. The number of sulfonamides is 1. The minimum absolute atomic E-state index is 0.162. The number of aryl methyl sites for hydroxylation is 2. The molecule has 6 nitrogen and oxygen atoms in total. The Morgan fingerprint density at radius 1 is 1.09 bits per heavy atom. The SMILES string of the molecule is Cc1cccc(Cc2cnc(NC(=O)c3cc(S(=O)(=O)N4CCCCC4)ccc3C)s2)c1. The molecule has 1 aromatic heterocycles. The number of hydrogen-bond donors (Lipinski definition) is 1. The smallest absolute Gasteiger partial charge is 0.257 e. The Bertz CT molecular complexity index is 1230. The molecule has 0 saturated carbocycles. The number of nitrogens with one attached hydrogen (secondary N) is 1. The van der Waals surface area contributed by atoms with E-state index in [1.807, 2.05) is 6.07 Å². The van der Waals surface area contributed by atoms with E-state index in [1.165, 1.54) is 32.8 Å². The summed E-state index contributed by atoms with van der Waals surface area (Å²) in [5.74, 6) is -0.352. The number of benzene rings is 2. The Morgan fingerprint density at radius 2 is 1.88 bits per heavy atom. The monoisotopic (exact) mass is 469 g/mol. The minimum Gasteiger partial charge on any atom is -0.298 e. The van der Waals surface area contributed by atoms with E-state index in [0.29, 0.717) is 23.8 Å². The number of carbonyl (C=O) groups excluding carboxylic acids is 1. The van der Waals surface area contributed by atoms with Gasteiger partial charge in [-0.3, -0.25) is 10.1 Å². The molecule has 1 fully saturated rings. The standard InChI is InChI=1S/C24H27N3O3S2/c1-17-7-6-8-19(13-17)14-20-16-25-24(31-20)26-23(28)22-15-21(10-9-18(22)2)32(29,30)27-11-4-3-5-12-27/h6-10,13,15-16H,3-5,11-12,14H2,1-2H3,(H,25,26,28). The van der Waals surface area contributed by atoms with Gasteiger partial charge >= 0.3 is 0 Å². The quantitative estimate of drug-likeness (QED) is 0.564. The molecule has 168 valence electrons. The molecule has 8 heteroatoms. The predicted octanol–water partition coefficient (Wildman–Crippen LogP) is 4.78. The van der Waals surface area contributed by atoms with Crippen LogP contribution in [0.15, 0.2) is 53.6 Å². The van der Waals surface area contributed by atoms with E-state index < -0.39 is 10.0 Å². The first-order valence-corrected chi connectivity index (χ1v) is 13.0. The average Bonchev–Trinajstić information content (AvgIpc) is 3.21. The molecule has 0 spiro atoms. The van der Waals surface area contributed by atoms with Crippen LogP contribution in [0.4, 0.5) is 5.13 Å². The molecule has 2 heterocycles. The summed E-state index contributed by atoms with van der Waals surface area (Å²) < 4.78 is 27.5. The summed E-state index contributed by atoms with van der Waals surface area (Å²) in [5.41, 5.74) is 3.46. The maximum Gasteiger partial charge on any atom is 0.257 e. The third kappa shape index (κ3) is 5.09. The first kappa shape index (κ1) is 22.6. The molecule has 1 saturated heterocycles. The largest absolute Gasteiger partial charge is 0.298 e. The predicted molar refractivity (Wildman–Crippen MR) is 128 cm³/mol. The number of piperidine rings is 1. The number of carbonyl (C=O) groups is 1. The Kier molecular flexibility index (Phi) is 6.74. The Balaban J connectivity index is 1.50. The second-order valence-corrected chi connectivity index (χ2v) is 11.2. The van der Waals surface area contributed by atoms with Crippen LogP contribution in [0.1, 0.15) is 51.2 Å². The molecule has 1 N–H and O–H groups in total. The van der Waals surface area contributed by atoms with Crippen LogP contribution in [-0.2, 0) is 16.4 Å². The third-order valence-electron chi connectivity index (χ3n) is 5.64. The molecule has 0 atom stereocenters. The van der Waals surface area contributed by atoms with Crippen molar-refractivity contribution in [2.45, 2.75) is 44.4 Å². The minimum atomic E-state index is -3.60. The van der Waals surface area contributed by atoms with Crippen LogP contribution in [-0.4, -0.2) is 36.7 Å². The van der Waals surface area contributed by atoms with Crippen LogP contribution in [0, 0.1) is 13.8 Å². The topological polar surface area (TPSA) is 79.4 Å². The van der Waals surface area contributed by atoms with Gasteiger partial charge in [0, 0.05) is 36.1 Å². The molecule has 0 radical (unpaired) electrons. The van der Waals surface area contributed by atoms with Crippen molar-refractivity contribution in [3.05, 3.63) is 75.8 Å². The van der Waals surface area contributed by atoms with E-state index in [4.69, 9.17) is 0 Å². The lowest BCUT2D eigenvalue weighted by Crippen LogP contribution is -2.35. The fourth-order valence-electron chi connectivity index (χ4n) is 3.90. The highest BCUT2D eigenvalue weighted by Crippen LogP contribution is 2.25. The molecule has 3 aromatic rings. The van der Waals surface area contributed by atoms with Gasteiger partial charge in [-0.1, -0.05) is 42.3 Å². The molecule has 4 rings (SSSR count). The van der Waals surface area contributed by atoms with Crippen LogP contribution in [0.25, 0.3) is 0 Å². The summed E-state index contributed by atoms with van der Waals surface area (Å²) in [6.07, 6.45) is 5.30. The molecular formula is C24H27N3O3S2. The summed E-state index contributed by atoms with van der Waals surface area (Å²) in [6.45, 7) is 4.92. The van der Waals surface area contributed by atoms with Crippen molar-refractivity contribution in [3.8, 4) is 0 Å². The van der Waals surface area contributed by atoms with Crippen molar-refractivity contribution in [3.63, 3.8) is 0 Å². The lowest BCUT2D eigenvalue weighted by molar-refractivity contribution is 0.102. The van der Waals surface area contributed by atoms with Gasteiger partial charge in [-0.25, -0.2) is 13.4 Å². The molecule has 2 aromatic carbocycles. The number of nitrogens with zero attached hydrogens (tertiary/aromatic N) is 2. The van der Waals surface area contributed by atoms with Crippen molar-refractivity contribution in [2.75, 3.05) is 18.4 Å². The highest BCUT2D eigenvalue weighted by Gasteiger charge is 2.27. The maximum absolute atomic E-state index is 13.0. The highest BCUT2D eigenvalue weighted by atomic mass is 32.2. The summed E-state index contributed by atoms with van der Waals surface area (Å²) in [4.78, 5) is 18.5. The van der Waals surface area contributed by atoms with Crippen LogP contribution < -0.4 is 5.32 Å². The van der Waals surface area contributed by atoms with Crippen molar-refractivity contribution < 1.29 is 13.2 Å². The first-order chi connectivity index (χ1) is 15.3. The Hall–Kier alpha value is -2.55. The summed E-state index contributed by atoms with van der Waals surface area (Å²) in [6, 6.07) is 13.1. The lowest BCUT2D eigenvalue weighted by Gasteiger charge is -2.26. The fourth-order valence-corrected chi connectivity index (χ4v) is 6.28. The molecule has 0 bridgehead atoms. The second kappa shape index (κ2) is 9.52. The average molecular weight is 470 g/mol. The maximum atomic E-state index is 13.0. The van der Waals surface area contributed by atoms with E-state index in [1.54, 1.807) is 25.3 Å². The van der Waals surface area contributed by atoms with Gasteiger partial charge in [0.05, 0.1) is 4.90 Å². The van der Waals surface area contributed by atoms with E-state index in [0.717, 1.165) is 36.1 Å². The van der Waals surface area contributed by atoms with Gasteiger partial charge in [-0.2, -0.15) is 4.31 Å². The van der Waals surface area contributed by atoms with E-state index in [-0.39, 0.29) is 10.8 Å². The number of rotatable bonds is 6. The molecule has 32 heavy (non-hydrogen) atoms. The van der Waals surface area contributed by atoms with Gasteiger partial charge in [0.25, 0.3) is 5.91 Å². The number of amides is 1. The van der Waals surface area contributed by atoms with Gasteiger partial charge in [-0.05, 0) is 49.9 Å². The number of thiazole rings is 1. The van der Waals surface area contributed by atoms with E-state index in [9.17, 15) is 13.2 Å². The molecule has 0 unspecified atom stereocenters. The van der Waals surface area contributed by atoms with E-state index in [2.05, 4.69) is 35.4 Å². The Morgan fingerprint density at radius 3 is 2.62 bits per heavy atom. The second-order valence-electron chi connectivity index (χ2n) is 8.19.